The maximum absolute atomic E-state index is 12.6. The average molecular weight is 319 g/mol. The van der Waals surface area contributed by atoms with Gasteiger partial charge in [-0.3, -0.25) is 4.79 Å². The molecule has 1 fully saturated rings. The second-order valence-corrected chi connectivity index (χ2v) is 5.82. The van der Waals surface area contributed by atoms with Crippen molar-refractivity contribution in [1.82, 2.24) is 24.5 Å². The van der Waals surface area contributed by atoms with Crippen LogP contribution in [0.2, 0.25) is 0 Å². The first-order valence-electron chi connectivity index (χ1n) is 7.20. The SMILES string of the molecule is CCc1nnsc1C(=O)N1CCO[C@H](c2nccc(C)n2)C1. The van der Waals surface area contributed by atoms with Crippen LogP contribution in [-0.4, -0.2) is 50.1 Å². The van der Waals surface area contributed by atoms with Crippen LogP contribution in [0.15, 0.2) is 12.3 Å². The van der Waals surface area contributed by atoms with Crippen molar-refractivity contribution in [3.63, 3.8) is 0 Å². The van der Waals surface area contributed by atoms with Gasteiger partial charge in [-0.1, -0.05) is 11.4 Å². The van der Waals surface area contributed by atoms with Gasteiger partial charge in [0.1, 0.15) is 11.0 Å². The largest absolute Gasteiger partial charge is 0.367 e. The topological polar surface area (TPSA) is 81.1 Å². The summed E-state index contributed by atoms with van der Waals surface area (Å²) in [5.41, 5.74) is 1.64. The van der Waals surface area contributed by atoms with Crippen molar-refractivity contribution in [3.8, 4) is 0 Å². The van der Waals surface area contributed by atoms with Crippen molar-refractivity contribution in [2.24, 2.45) is 0 Å². The molecule has 0 unspecified atom stereocenters. The van der Waals surface area contributed by atoms with Crippen LogP contribution >= 0.6 is 11.5 Å². The standard InChI is InChI=1S/C14H17N5O2S/c1-3-10-12(22-18-17-10)14(20)19-6-7-21-11(8-19)13-15-5-4-9(2)16-13/h4-5,11H,3,6-8H2,1-2H3/t11-/m0/s1. The van der Waals surface area contributed by atoms with Gasteiger partial charge in [-0.05, 0) is 30.9 Å². The highest BCUT2D eigenvalue weighted by Gasteiger charge is 2.29. The summed E-state index contributed by atoms with van der Waals surface area (Å²) < 4.78 is 9.61. The number of carbonyl (C=O) groups excluding carboxylic acids is 1. The lowest BCUT2D eigenvalue weighted by Crippen LogP contribution is -2.42. The zero-order chi connectivity index (χ0) is 15.5. The molecule has 3 heterocycles. The highest BCUT2D eigenvalue weighted by molar-refractivity contribution is 7.08. The number of ether oxygens (including phenoxy) is 1. The smallest absolute Gasteiger partial charge is 0.267 e. The summed E-state index contributed by atoms with van der Waals surface area (Å²) in [5, 5.41) is 4.00. The Balaban J connectivity index is 1.77. The summed E-state index contributed by atoms with van der Waals surface area (Å²) in [7, 11) is 0. The molecule has 2 aromatic heterocycles. The van der Waals surface area contributed by atoms with Crippen molar-refractivity contribution in [3.05, 3.63) is 34.4 Å². The van der Waals surface area contributed by atoms with Crippen molar-refractivity contribution in [2.45, 2.75) is 26.4 Å². The second kappa shape index (κ2) is 6.45. The molecule has 8 heteroatoms. The number of carbonyl (C=O) groups is 1. The number of hydrogen-bond acceptors (Lipinski definition) is 7. The fraction of sp³-hybridized carbons (Fsp3) is 0.500. The van der Waals surface area contributed by atoms with Crippen molar-refractivity contribution < 1.29 is 9.53 Å². The van der Waals surface area contributed by atoms with E-state index in [9.17, 15) is 4.79 Å². The highest BCUT2D eigenvalue weighted by atomic mass is 32.1. The zero-order valence-electron chi connectivity index (χ0n) is 12.5. The minimum absolute atomic E-state index is 0.0344. The minimum atomic E-state index is -0.288. The molecule has 1 aliphatic rings. The summed E-state index contributed by atoms with van der Waals surface area (Å²) in [4.78, 5) is 23.7. The Morgan fingerprint density at radius 3 is 3.18 bits per heavy atom. The third-order valence-corrected chi connectivity index (χ3v) is 4.30. The molecule has 0 aliphatic carbocycles. The number of morpholine rings is 1. The van der Waals surface area contributed by atoms with Crippen molar-refractivity contribution >= 4 is 17.4 Å². The van der Waals surface area contributed by atoms with Gasteiger partial charge >= 0.3 is 0 Å². The fourth-order valence-corrected chi connectivity index (χ4v) is 3.08. The predicted octanol–water partition coefficient (Wildman–Crippen LogP) is 1.41. The summed E-state index contributed by atoms with van der Waals surface area (Å²) >= 11 is 1.15. The highest BCUT2D eigenvalue weighted by Crippen LogP contribution is 2.22. The van der Waals surface area contributed by atoms with Crippen LogP contribution in [0.3, 0.4) is 0 Å². The van der Waals surface area contributed by atoms with E-state index in [1.54, 1.807) is 11.1 Å². The molecule has 0 bridgehead atoms. The van der Waals surface area contributed by atoms with Crippen LogP contribution in [0.4, 0.5) is 0 Å². The first-order valence-corrected chi connectivity index (χ1v) is 7.98. The van der Waals surface area contributed by atoms with E-state index >= 15 is 0 Å². The molecule has 2 aromatic rings. The molecular formula is C14H17N5O2S. The van der Waals surface area contributed by atoms with Gasteiger partial charge in [-0.2, -0.15) is 0 Å². The van der Waals surface area contributed by atoms with Gasteiger partial charge in [-0.25, -0.2) is 9.97 Å². The number of aromatic nitrogens is 4. The van der Waals surface area contributed by atoms with E-state index in [1.165, 1.54) is 0 Å². The van der Waals surface area contributed by atoms with E-state index in [0.717, 1.165) is 22.9 Å². The summed E-state index contributed by atoms with van der Waals surface area (Å²) in [6.45, 7) is 5.36. The maximum atomic E-state index is 12.6. The van der Waals surface area contributed by atoms with Gasteiger partial charge in [0, 0.05) is 18.4 Å². The molecule has 1 aliphatic heterocycles. The van der Waals surface area contributed by atoms with E-state index in [-0.39, 0.29) is 12.0 Å². The Hall–Kier alpha value is -1.93. The van der Waals surface area contributed by atoms with Gasteiger partial charge in [-0.15, -0.1) is 5.10 Å². The molecule has 22 heavy (non-hydrogen) atoms. The quantitative estimate of drug-likeness (QED) is 0.851. The number of nitrogens with zero attached hydrogens (tertiary/aromatic N) is 5. The van der Waals surface area contributed by atoms with E-state index in [1.807, 2.05) is 19.9 Å². The van der Waals surface area contributed by atoms with E-state index in [0.29, 0.717) is 36.8 Å². The van der Waals surface area contributed by atoms with Gasteiger partial charge in [0.25, 0.3) is 5.91 Å². The average Bonchev–Trinajstić information content (AvgIpc) is 3.03. The Morgan fingerprint density at radius 1 is 1.55 bits per heavy atom. The molecule has 1 amide bonds. The van der Waals surface area contributed by atoms with E-state index < -0.39 is 0 Å². The minimum Gasteiger partial charge on any atom is -0.367 e. The zero-order valence-corrected chi connectivity index (χ0v) is 13.3. The third kappa shape index (κ3) is 2.97. The van der Waals surface area contributed by atoms with E-state index in [2.05, 4.69) is 19.6 Å². The number of aryl methyl sites for hydroxylation is 2. The molecule has 0 radical (unpaired) electrons. The van der Waals surface area contributed by atoms with Crippen LogP contribution in [-0.2, 0) is 11.2 Å². The number of rotatable bonds is 3. The van der Waals surface area contributed by atoms with Gasteiger partial charge in [0.05, 0.1) is 18.8 Å². The van der Waals surface area contributed by atoms with Crippen LogP contribution in [0.5, 0.6) is 0 Å². The van der Waals surface area contributed by atoms with Crippen LogP contribution in [0.25, 0.3) is 0 Å². The lowest BCUT2D eigenvalue weighted by molar-refractivity contribution is -0.0267. The van der Waals surface area contributed by atoms with Crippen molar-refractivity contribution in [1.29, 1.82) is 0 Å². The molecule has 0 saturated carbocycles. The molecule has 3 rings (SSSR count). The number of amides is 1. The molecule has 1 saturated heterocycles. The van der Waals surface area contributed by atoms with Gasteiger partial charge in [0.2, 0.25) is 0 Å². The molecule has 116 valence electrons. The fourth-order valence-electron chi connectivity index (χ4n) is 2.36. The summed E-state index contributed by atoms with van der Waals surface area (Å²) in [6, 6.07) is 1.84. The monoisotopic (exact) mass is 319 g/mol. The second-order valence-electron chi connectivity index (χ2n) is 5.07. The lowest BCUT2D eigenvalue weighted by Gasteiger charge is -2.32. The Bertz CT molecular complexity index is 675. The van der Waals surface area contributed by atoms with Gasteiger partial charge < -0.3 is 9.64 Å². The predicted molar refractivity (Wildman–Crippen MR) is 80.7 cm³/mol. The lowest BCUT2D eigenvalue weighted by atomic mass is 10.2. The van der Waals surface area contributed by atoms with Crippen LogP contribution in [0.1, 0.15) is 39.9 Å². The first kappa shape index (κ1) is 15.0. The molecule has 7 nitrogen and oxygen atoms in total. The van der Waals surface area contributed by atoms with Gasteiger partial charge in [0.15, 0.2) is 5.82 Å². The third-order valence-electron chi connectivity index (χ3n) is 3.54. The Morgan fingerprint density at radius 2 is 2.41 bits per heavy atom. The molecular weight excluding hydrogens is 302 g/mol. The van der Waals surface area contributed by atoms with Crippen molar-refractivity contribution in [2.75, 3.05) is 19.7 Å². The van der Waals surface area contributed by atoms with E-state index in [4.69, 9.17) is 4.74 Å². The maximum Gasteiger partial charge on any atom is 0.267 e. The Labute approximate surface area is 132 Å². The molecule has 0 spiro atoms. The first-order chi connectivity index (χ1) is 10.7. The number of hydrogen-bond donors (Lipinski definition) is 0. The molecule has 0 aromatic carbocycles. The van der Waals surface area contributed by atoms with Crippen LogP contribution < -0.4 is 0 Å². The van der Waals surface area contributed by atoms with Crippen LogP contribution in [0, 0.1) is 6.92 Å². The summed E-state index contributed by atoms with van der Waals surface area (Å²) in [5.74, 6) is 0.587. The molecule has 0 N–H and O–H groups in total. The Kier molecular flexibility index (Phi) is 4.39. The normalized spacial score (nSPS) is 18.5. The molecule has 1 atom stereocenters. The summed E-state index contributed by atoms with van der Waals surface area (Å²) in [6.07, 6.45) is 2.12.